The number of aromatic hydroxyl groups is 1. The second-order valence-electron chi connectivity index (χ2n) is 5.28. The summed E-state index contributed by atoms with van der Waals surface area (Å²) in [6.07, 6.45) is 3.92. The van der Waals surface area contributed by atoms with Crippen LogP contribution >= 0.6 is 0 Å². The van der Waals surface area contributed by atoms with Crippen molar-refractivity contribution >= 4 is 0 Å². The summed E-state index contributed by atoms with van der Waals surface area (Å²) in [5, 5.41) is 23.0. The van der Waals surface area contributed by atoms with Crippen molar-refractivity contribution in [3.8, 4) is 11.5 Å². The molecule has 0 spiro atoms. The minimum atomic E-state index is -0.254. The van der Waals surface area contributed by atoms with E-state index in [2.05, 4.69) is 12.2 Å². The molecule has 1 fully saturated rings. The lowest BCUT2D eigenvalue weighted by Crippen LogP contribution is -2.43. The van der Waals surface area contributed by atoms with Gasteiger partial charge >= 0.3 is 0 Å². The Labute approximate surface area is 114 Å². The fraction of sp³-hybridized carbons (Fsp3) is 0.600. The number of methoxy groups -OCH3 is 1. The molecule has 3 unspecified atom stereocenters. The topological polar surface area (TPSA) is 61.7 Å². The normalized spacial score (nSPS) is 25.0. The van der Waals surface area contributed by atoms with E-state index in [1.807, 2.05) is 12.1 Å². The van der Waals surface area contributed by atoms with Gasteiger partial charge in [-0.2, -0.15) is 0 Å². The van der Waals surface area contributed by atoms with Gasteiger partial charge in [-0.3, -0.25) is 0 Å². The molecule has 1 aromatic carbocycles. The lowest BCUT2D eigenvalue weighted by atomic mass is 9.91. The smallest absolute Gasteiger partial charge is 0.160 e. The first-order chi connectivity index (χ1) is 9.11. The molecule has 0 aromatic heterocycles. The van der Waals surface area contributed by atoms with Crippen LogP contribution in [0.15, 0.2) is 18.2 Å². The summed E-state index contributed by atoms with van der Waals surface area (Å²) in [6, 6.07) is 5.63. The molecule has 106 valence electrons. The maximum atomic E-state index is 9.98. The Morgan fingerprint density at radius 1 is 1.32 bits per heavy atom. The van der Waals surface area contributed by atoms with Crippen LogP contribution < -0.4 is 10.1 Å². The highest BCUT2D eigenvalue weighted by Gasteiger charge is 2.24. The van der Waals surface area contributed by atoms with E-state index in [0.29, 0.717) is 5.75 Å². The molecule has 0 saturated heterocycles. The monoisotopic (exact) mass is 265 g/mol. The van der Waals surface area contributed by atoms with Gasteiger partial charge in [0.05, 0.1) is 13.2 Å². The first kappa shape index (κ1) is 14.2. The van der Waals surface area contributed by atoms with E-state index in [1.165, 1.54) is 6.42 Å². The van der Waals surface area contributed by atoms with Gasteiger partial charge in [0.2, 0.25) is 0 Å². The third kappa shape index (κ3) is 3.39. The van der Waals surface area contributed by atoms with E-state index < -0.39 is 0 Å². The van der Waals surface area contributed by atoms with Gasteiger partial charge in [0.1, 0.15) is 0 Å². The van der Waals surface area contributed by atoms with E-state index in [1.54, 1.807) is 13.2 Å². The summed E-state index contributed by atoms with van der Waals surface area (Å²) in [6.45, 7) is 2.06. The average Bonchev–Trinajstić information content (AvgIpc) is 2.42. The third-order valence-corrected chi connectivity index (χ3v) is 3.90. The van der Waals surface area contributed by atoms with Gasteiger partial charge < -0.3 is 20.3 Å². The van der Waals surface area contributed by atoms with Gasteiger partial charge in [0.25, 0.3) is 0 Å². The fourth-order valence-corrected chi connectivity index (χ4v) is 2.69. The van der Waals surface area contributed by atoms with Crippen LogP contribution in [0.4, 0.5) is 0 Å². The van der Waals surface area contributed by atoms with Crippen LogP contribution in [0.2, 0.25) is 0 Å². The zero-order chi connectivity index (χ0) is 13.8. The molecular weight excluding hydrogens is 242 g/mol. The predicted octanol–water partition coefficient (Wildman–Crippen LogP) is 2.35. The van der Waals surface area contributed by atoms with Crippen LogP contribution in [0, 0.1) is 0 Å². The Balaban J connectivity index is 2.04. The van der Waals surface area contributed by atoms with Crippen molar-refractivity contribution in [3.63, 3.8) is 0 Å². The average molecular weight is 265 g/mol. The molecule has 3 atom stereocenters. The lowest BCUT2D eigenvalue weighted by molar-refractivity contribution is 0.0859. The van der Waals surface area contributed by atoms with Gasteiger partial charge in [-0.25, -0.2) is 0 Å². The molecule has 19 heavy (non-hydrogen) atoms. The molecule has 0 aliphatic heterocycles. The summed E-state index contributed by atoms with van der Waals surface area (Å²) in [7, 11) is 1.54. The van der Waals surface area contributed by atoms with E-state index in [4.69, 9.17) is 4.74 Å². The zero-order valence-electron chi connectivity index (χ0n) is 11.6. The van der Waals surface area contributed by atoms with Crippen LogP contribution in [-0.2, 0) is 0 Å². The number of aliphatic hydroxyl groups is 1. The largest absolute Gasteiger partial charge is 0.504 e. The quantitative estimate of drug-likeness (QED) is 0.782. The van der Waals surface area contributed by atoms with Crippen LogP contribution in [0.1, 0.15) is 44.2 Å². The number of nitrogens with one attached hydrogen (secondary N) is 1. The van der Waals surface area contributed by atoms with Crippen molar-refractivity contribution in [3.05, 3.63) is 23.8 Å². The minimum Gasteiger partial charge on any atom is -0.504 e. The summed E-state index contributed by atoms with van der Waals surface area (Å²) in [4.78, 5) is 0. The Bertz CT molecular complexity index is 422. The van der Waals surface area contributed by atoms with Crippen LogP contribution in [0.25, 0.3) is 0 Å². The van der Waals surface area contributed by atoms with Crippen molar-refractivity contribution in [2.45, 2.75) is 50.8 Å². The second-order valence-corrected chi connectivity index (χ2v) is 5.28. The molecule has 3 N–H and O–H groups in total. The molecule has 0 radical (unpaired) electrons. The number of hydrogen-bond acceptors (Lipinski definition) is 4. The van der Waals surface area contributed by atoms with Gasteiger partial charge in [-0.05, 0) is 37.5 Å². The number of aliphatic hydroxyl groups excluding tert-OH is 1. The molecule has 1 aromatic rings. The van der Waals surface area contributed by atoms with Crippen molar-refractivity contribution in [1.82, 2.24) is 5.32 Å². The number of phenols is 1. The fourth-order valence-electron chi connectivity index (χ4n) is 2.69. The molecule has 0 heterocycles. The van der Waals surface area contributed by atoms with Gasteiger partial charge in [0, 0.05) is 12.1 Å². The van der Waals surface area contributed by atoms with Crippen molar-refractivity contribution in [2.24, 2.45) is 0 Å². The maximum absolute atomic E-state index is 9.98. The highest BCUT2D eigenvalue weighted by molar-refractivity contribution is 5.42. The molecule has 2 rings (SSSR count). The van der Waals surface area contributed by atoms with E-state index in [9.17, 15) is 10.2 Å². The maximum Gasteiger partial charge on any atom is 0.160 e. The van der Waals surface area contributed by atoms with Crippen molar-refractivity contribution in [1.29, 1.82) is 0 Å². The van der Waals surface area contributed by atoms with Gasteiger partial charge in [-0.1, -0.05) is 18.9 Å². The lowest BCUT2D eigenvalue weighted by Gasteiger charge is -2.31. The van der Waals surface area contributed by atoms with Crippen LogP contribution in [0.5, 0.6) is 11.5 Å². The molecule has 4 nitrogen and oxygen atoms in total. The van der Waals surface area contributed by atoms with E-state index >= 15 is 0 Å². The summed E-state index contributed by atoms with van der Waals surface area (Å²) in [5.74, 6) is 0.631. The predicted molar refractivity (Wildman–Crippen MR) is 74.5 cm³/mol. The van der Waals surface area contributed by atoms with Crippen LogP contribution in [0.3, 0.4) is 0 Å². The summed E-state index contributed by atoms with van der Waals surface area (Å²) in [5.41, 5.74) is 1.05. The second kappa shape index (κ2) is 6.26. The van der Waals surface area contributed by atoms with Crippen molar-refractivity contribution < 1.29 is 14.9 Å². The van der Waals surface area contributed by atoms with Crippen molar-refractivity contribution in [2.75, 3.05) is 7.11 Å². The number of hydrogen-bond donors (Lipinski definition) is 3. The van der Waals surface area contributed by atoms with Gasteiger partial charge in [0.15, 0.2) is 11.5 Å². The van der Waals surface area contributed by atoms with Crippen LogP contribution in [-0.4, -0.2) is 29.5 Å². The third-order valence-electron chi connectivity index (χ3n) is 3.90. The molecule has 1 saturated carbocycles. The minimum absolute atomic E-state index is 0.118. The van der Waals surface area contributed by atoms with E-state index in [-0.39, 0.29) is 23.9 Å². The Morgan fingerprint density at radius 3 is 2.74 bits per heavy atom. The number of benzene rings is 1. The Morgan fingerprint density at radius 2 is 2.05 bits per heavy atom. The Hall–Kier alpha value is -1.26. The molecule has 1 aliphatic carbocycles. The van der Waals surface area contributed by atoms with E-state index in [0.717, 1.165) is 24.8 Å². The van der Waals surface area contributed by atoms with Gasteiger partial charge in [-0.15, -0.1) is 0 Å². The Kier molecular flexibility index (Phi) is 4.66. The first-order valence-electron chi connectivity index (χ1n) is 6.93. The molecular formula is C15H23NO3. The SMILES string of the molecule is COc1cc(C(C)NC2CCCCC2O)ccc1O. The number of rotatable bonds is 4. The molecule has 4 heteroatoms. The molecule has 0 amide bonds. The number of phenolic OH excluding ortho intramolecular Hbond substituents is 1. The standard InChI is InChI=1S/C15H23NO3/c1-10(16-12-5-3-4-6-13(12)17)11-7-8-14(18)15(9-11)19-2/h7-10,12-13,16-18H,3-6H2,1-2H3. The molecule has 0 bridgehead atoms. The summed E-state index contributed by atoms with van der Waals surface area (Å²) < 4.78 is 5.12. The first-order valence-corrected chi connectivity index (χ1v) is 6.93. The molecule has 1 aliphatic rings. The zero-order valence-corrected chi connectivity index (χ0v) is 11.6. The summed E-state index contributed by atoms with van der Waals surface area (Å²) >= 11 is 0. The number of ether oxygens (including phenoxy) is 1. The highest BCUT2D eigenvalue weighted by atomic mass is 16.5. The highest BCUT2D eigenvalue weighted by Crippen LogP contribution is 2.29.